The van der Waals surface area contributed by atoms with Crippen LogP contribution in [-0.2, 0) is 19.1 Å². The third-order valence-electron chi connectivity index (χ3n) is 5.65. The van der Waals surface area contributed by atoms with Crippen molar-refractivity contribution in [3.63, 3.8) is 0 Å². The molecule has 2 aliphatic heterocycles. The molecule has 9 heteroatoms. The number of pyridine rings is 1. The van der Waals surface area contributed by atoms with Gasteiger partial charge in [-0.25, -0.2) is 14.6 Å². The molecule has 0 radical (unpaired) electrons. The standard InChI is InChI=1S/C27H23N3O6/c31-26(33-16-20-14-24(29-35-20)18-8-3-1-4-9-18)22-12-7-13-23(28-22)27(32)34-17-21-15-25(30-36-21)19-10-5-2-6-11-19/h1-13,20-21H,14-17H2/t20-,21-/m1/s1. The van der Waals surface area contributed by atoms with E-state index < -0.39 is 11.9 Å². The molecule has 36 heavy (non-hydrogen) atoms. The molecule has 0 spiro atoms. The van der Waals surface area contributed by atoms with Crippen molar-refractivity contribution < 1.29 is 28.7 Å². The fourth-order valence-corrected chi connectivity index (χ4v) is 3.78. The first-order valence-electron chi connectivity index (χ1n) is 11.5. The van der Waals surface area contributed by atoms with E-state index in [4.69, 9.17) is 19.1 Å². The van der Waals surface area contributed by atoms with Gasteiger partial charge in [0.1, 0.15) is 24.6 Å². The van der Waals surface area contributed by atoms with Crippen molar-refractivity contribution in [3.8, 4) is 0 Å². The van der Waals surface area contributed by atoms with E-state index in [1.807, 2.05) is 60.7 Å². The van der Waals surface area contributed by atoms with E-state index in [-0.39, 0.29) is 36.8 Å². The van der Waals surface area contributed by atoms with E-state index in [1.54, 1.807) is 6.07 Å². The molecule has 1 aromatic heterocycles. The lowest BCUT2D eigenvalue weighted by molar-refractivity contribution is 0.00558. The summed E-state index contributed by atoms with van der Waals surface area (Å²) in [5.74, 6) is -1.33. The van der Waals surface area contributed by atoms with Crippen LogP contribution >= 0.6 is 0 Å². The van der Waals surface area contributed by atoms with E-state index in [2.05, 4.69) is 15.3 Å². The molecular weight excluding hydrogens is 462 g/mol. The van der Waals surface area contributed by atoms with E-state index in [1.165, 1.54) is 12.1 Å². The minimum Gasteiger partial charge on any atom is -0.457 e. The highest BCUT2D eigenvalue weighted by atomic mass is 16.7. The molecule has 0 amide bonds. The van der Waals surface area contributed by atoms with Crippen LogP contribution in [0.5, 0.6) is 0 Å². The van der Waals surface area contributed by atoms with Gasteiger partial charge in [0, 0.05) is 12.8 Å². The van der Waals surface area contributed by atoms with Crippen LogP contribution in [0.4, 0.5) is 0 Å². The van der Waals surface area contributed by atoms with Gasteiger partial charge >= 0.3 is 11.9 Å². The minimum absolute atomic E-state index is 0.00142. The lowest BCUT2D eigenvalue weighted by Gasteiger charge is -2.10. The molecule has 5 rings (SSSR count). The zero-order valence-electron chi connectivity index (χ0n) is 19.3. The van der Waals surface area contributed by atoms with Gasteiger partial charge in [0.05, 0.1) is 11.4 Å². The van der Waals surface area contributed by atoms with Crippen LogP contribution in [0.15, 0.2) is 89.2 Å². The van der Waals surface area contributed by atoms with Crippen LogP contribution in [0.1, 0.15) is 44.9 Å². The van der Waals surface area contributed by atoms with E-state index in [0.717, 1.165) is 22.6 Å². The molecular formula is C27H23N3O6. The maximum atomic E-state index is 12.5. The molecule has 0 fully saturated rings. The lowest BCUT2D eigenvalue weighted by atomic mass is 10.1. The van der Waals surface area contributed by atoms with E-state index >= 15 is 0 Å². The van der Waals surface area contributed by atoms with Crippen molar-refractivity contribution in [1.82, 2.24) is 4.98 Å². The molecule has 2 atom stereocenters. The Hall–Kier alpha value is -4.53. The first kappa shape index (κ1) is 23.2. The summed E-state index contributed by atoms with van der Waals surface area (Å²) in [6.45, 7) is 0.0234. The molecule has 0 saturated carbocycles. The molecule has 3 aromatic rings. The summed E-state index contributed by atoms with van der Waals surface area (Å²) in [6.07, 6.45) is 0.282. The molecule has 3 heterocycles. The van der Waals surface area contributed by atoms with Crippen molar-refractivity contribution in [2.24, 2.45) is 10.3 Å². The van der Waals surface area contributed by atoms with Crippen molar-refractivity contribution in [3.05, 3.63) is 101 Å². The second-order valence-electron chi connectivity index (χ2n) is 8.28. The number of oxime groups is 2. The number of hydrogen-bond donors (Lipinski definition) is 0. The van der Waals surface area contributed by atoms with Crippen molar-refractivity contribution in [2.75, 3.05) is 13.2 Å². The van der Waals surface area contributed by atoms with Crippen molar-refractivity contribution in [2.45, 2.75) is 25.0 Å². The average Bonchev–Trinajstić information content (AvgIpc) is 3.62. The quantitative estimate of drug-likeness (QED) is 0.447. The Kier molecular flexibility index (Phi) is 6.98. The number of aromatic nitrogens is 1. The van der Waals surface area contributed by atoms with Gasteiger partial charge in [0.25, 0.3) is 0 Å². The summed E-state index contributed by atoms with van der Waals surface area (Å²) in [4.78, 5) is 39.9. The molecule has 0 bridgehead atoms. The Balaban J connectivity index is 1.09. The Bertz CT molecular complexity index is 1200. The highest BCUT2D eigenvalue weighted by Crippen LogP contribution is 2.18. The van der Waals surface area contributed by atoms with Crippen molar-refractivity contribution >= 4 is 23.4 Å². The first-order chi connectivity index (χ1) is 17.7. The number of nitrogens with zero attached hydrogens (tertiary/aromatic N) is 3. The lowest BCUT2D eigenvalue weighted by Crippen LogP contribution is -2.22. The van der Waals surface area contributed by atoms with Crippen molar-refractivity contribution in [1.29, 1.82) is 0 Å². The topological polar surface area (TPSA) is 109 Å². The Morgan fingerprint density at radius 2 is 1.11 bits per heavy atom. The van der Waals surface area contributed by atoms with E-state index in [9.17, 15) is 9.59 Å². The van der Waals surface area contributed by atoms with Crippen LogP contribution in [0, 0.1) is 0 Å². The number of carbonyl (C=O) groups excluding carboxylic acids is 2. The Labute approximate surface area is 207 Å². The average molecular weight is 485 g/mol. The monoisotopic (exact) mass is 485 g/mol. The summed E-state index contributed by atoms with van der Waals surface area (Å²) in [5, 5.41) is 8.16. The zero-order chi connectivity index (χ0) is 24.7. The van der Waals surface area contributed by atoms with Gasteiger partial charge in [-0.1, -0.05) is 77.0 Å². The Morgan fingerprint density at radius 3 is 1.56 bits per heavy atom. The second kappa shape index (κ2) is 10.8. The van der Waals surface area contributed by atoms with Gasteiger partial charge in [-0.05, 0) is 23.3 Å². The van der Waals surface area contributed by atoms with Crippen LogP contribution in [0.25, 0.3) is 0 Å². The van der Waals surface area contributed by atoms with Gasteiger partial charge in [0.15, 0.2) is 12.2 Å². The maximum absolute atomic E-state index is 12.5. The molecule has 0 aliphatic carbocycles. The zero-order valence-corrected chi connectivity index (χ0v) is 19.3. The predicted molar refractivity (Wildman–Crippen MR) is 130 cm³/mol. The number of hydrogen-bond acceptors (Lipinski definition) is 9. The van der Waals surface area contributed by atoms with E-state index in [0.29, 0.717) is 12.8 Å². The summed E-state index contributed by atoms with van der Waals surface area (Å²) in [5.41, 5.74) is 3.52. The summed E-state index contributed by atoms with van der Waals surface area (Å²) in [7, 11) is 0. The van der Waals surface area contributed by atoms with Gasteiger partial charge in [-0.3, -0.25) is 0 Å². The van der Waals surface area contributed by atoms with Gasteiger partial charge in [-0.2, -0.15) is 0 Å². The summed E-state index contributed by atoms with van der Waals surface area (Å²) < 4.78 is 10.7. The summed E-state index contributed by atoms with van der Waals surface area (Å²) >= 11 is 0. The predicted octanol–water partition coefficient (Wildman–Crippen LogP) is 3.78. The molecule has 182 valence electrons. The number of ether oxygens (including phenoxy) is 2. The van der Waals surface area contributed by atoms with Gasteiger partial charge < -0.3 is 19.1 Å². The fourth-order valence-electron chi connectivity index (χ4n) is 3.78. The van der Waals surface area contributed by atoms with Crippen LogP contribution in [0.3, 0.4) is 0 Å². The Morgan fingerprint density at radius 1 is 0.667 bits per heavy atom. The molecule has 2 aromatic carbocycles. The number of rotatable bonds is 8. The second-order valence-corrected chi connectivity index (χ2v) is 8.28. The molecule has 0 N–H and O–H groups in total. The normalized spacial score (nSPS) is 18.4. The molecule has 9 nitrogen and oxygen atoms in total. The van der Waals surface area contributed by atoms with Crippen LogP contribution in [-0.4, -0.2) is 53.8 Å². The van der Waals surface area contributed by atoms with Gasteiger partial charge in [0.2, 0.25) is 0 Å². The third kappa shape index (κ3) is 5.57. The fraction of sp³-hybridized carbons (Fsp3) is 0.222. The minimum atomic E-state index is -0.665. The highest BCUT2D eigenvalue weighted by Gasteiger charge is 2.26. The first-order valence-corrected chi connectivity index (χ1v) is 11.5. The largest absolute Gasteiger partial charge is 0.457 e. The number of benzene rings is 2. The molecule has 0 saturated heterocycles. The SMILES string of the molecule is O=C(OC[C@H]1CC(c2ccccc2)=NO1)c1cccc(C(=O)OC[C@H]2CC(c3ccccc3)=NO2)n1. The molecule has 2 aliphatic rings. The highest BCUT2D eigenvalue weighted by molar-refractivity contribution is 6.01. The van der Waals surface area contributed by atoms with Crippen LogP contribution in [0.2, 0.25) is 0 Å². The third-order valence-corrected chi connectivity index (χ3v) is 5.65. The number of carbonyl (C=O) groups is 2. The van der Waals surface area contributed by atoms with Gasteiger partial charge in [-0.15, -0.1) is 0 Å². The maximum Gasteiger partial charge on any atom is 0.357 e. The van der Waals surface area contributed by atoms with Crippen LogP contribution < -0.4 is 0 Å². The molecule has 0 unspecified atom stereocenters. The smallest absolute Gasteiger partial charge is 0.357 e. The number of esters is 2. The summed E-state index contributed by atoms with van der Waals surface area (Å²) in [6, 6.07) is 23.8.